The van der Waals surface area contributed by atoms with Crippen molar-refractivity contribution in [1.29, 1.82) is 0 Å². The molecular weight excluding hydrogens is 468 g/mol. The van der Waals surface area contributed by atoms with E-state index in [-0.39, 0.29) is 31.5 Å². The van der Waals surface area contributed by atoms with Crippen LogP contribution in [0.4, 0.5) is 21.9 Å². The van der Waals surface area contributed by atoms with Gasteiger partial charge < -0.3 is 25.0 Å². The molecule has 0 saturated carbocycles. The second kappa shape index (κ2) is 10.4. The molecule has 176 valence electrons. The summed E-state index contributed by atoms with van der Waals surface area (Å²) >= 11 is 7.06. The number of hydrogen-bond acceptors (Lipinski definition) is 7. The van der Waals surface area contributed by atoms with E-state index >= 15 is 0 Å². The molecule has 2 aliphatic rings. The summed E-state index contributed by atoms with van der Waals surface area (Å²) in [6.07, 6.45) is 1.19. The summed E-state index contributed by atoms with van der Waals surface area (Å²) in [5, 5.41) is 5.66. The van der Waals surface area contributed by atoms with Crippen LogP contribution in [0.5, 0.6) is 0 Å². The minimum Gasteiger partial charge on any atom is -0.442 e. The maximum atomic E-state index is 12.5. The Kier molecular flexibility index (Phi) is 7.36. The topological polar surface area (TPSA) is 100 Å². The van der Waals surface area contributed by atoms with Gasteiger partial charge in [-0.1, -0.05) is 11.6 Å². The Morgan fingerprint density at radius 3 is 2.73 bits per heavy atom. The molecule has 9 nitrogen and oxygen atoms in total. The molecule has 0 aliphatic carbocycles. The fourth-order valence-corrected chi connectivity index (χ4v) is 4.87. The molecule has 0 spiro atoms. The molecule has 4 rings (SSSR count). The number of methoxy groups -OCH3 is 1. The first-order valence-electron chi connectivity index (χ1n) is 10.6. The predicted octanol–water partition coefficient (Wildman–Crippen LogP) is 3.34. The highest BCUT2D eigenvalue weighted by Gasteiger charge is 2.33. The van der Waals surface area contributed by atoms with Crippen LogP contribution in [0.15, 0.2) is 30.3 Å². The SMILES string of the molecule is COCC(=O)Nc1cc(N2CC(CNC(=O)c3ccc(Cl)s3)OC2=O)ccc1N1CCCC1. The van der Waals surface area contributed by atoms with Gasteiger partial charge in [0.1, 0.15) is 12.7 Å². The lowest BCUT2D eigenvalue weighted by molar-refractivity contribution is -0.119. The van der Waals surface area contributed by atoms with Crippen LogP contribution in [-0.4, -0.2) is 63.9 Å². The van der Waals surface area contributed by atoms with E-state index in [9.17, 15) is 14.4 Å². The lowest BCUT2D eigenvalue weighted by Gasteiger charge is -2.23. The molecule has 3 amide bonds. The minimum absolute atomic E-state index is 0.0628. The molecule has 1 aromatic heterocycles. The average Bonchev–Trinajstić information content (AvgIpc) is 3.54. The molecule has 1 atom stereocenters. The summed E-state index contributed by atoms with van der Waals surface area (Å²) in [4.78, 5) is 41.2. The van der Waals surface area contributed by atoms with Crippen LogP contribution < -0.4 is 20.4 Å². The molecule has 1 aromatic carbocycles. The Balaban J connectivity index is 1.45. The van der Waals surface area contributed by atoms with Crippen LogP contribution in [0.1, 0.15) is 22.5 Å². The molecule has 2 aromatic rings. The molecule has 1 unspecified atom stereocenters. The maximum Gasteiger partial charge on any atom is 0.414 e. The molecule has 2 saturated heterocycles. The van der Waals surface area contributed by atoms with Crippen molar-refractivity contribution in [2.75, 3.05) is 55.0 Å². The van der Waals surface area contributed by atoms with E-state index in [1.165, 1.54) is 23.3 Å². The third-order valence-corrected chi connectivity index (χ3v) is 6.68. The Bertz CT molecular complexity index is 1040. The van der Waals surface area contributed by atoms with Gasteiger partial charge in [0.05, 0.1) is 33.7 Å². The first kappa shape index (κ1) is 23.3. The number of halogens is 1. The zero-order chi connectivity index (χ0) is 23.4. The Morgan fingerprint density at radius 2 is 2.03 bits per heavy atom. The summed E-state index contributed by atoms with van der Waals surface area (Å²) in [5.74, 6) is -0.534. The van der Waals surface area contributed by atoms with E-state index in [0.29, 0.717) is 20.6 Å². The molecule has 0 bridgehead atoms. The number of carbonyl (C=O) groups is 3. The third kappa shape index (κ3) is 5.58. The Hall–Kier alpha value is -2.82. The second-order valence-corrected chi connectivity index (χ2v) is 9.52. The van der Waals surface area contributed by atoms with Crippen LogP contribution in [0.3, 0.4) is 0 Å². The summed E-state index contributed by atoms with van der Waals surface area (Å²) in [5.41, 5.74) is 2.14. The molecule has 33 heavy (non-hydrogen) atoms. The third-order valence-electron chi connectivity index (χ3n) is 5.45. The van der Waals surface area contributed by atoms with Gasteiger partial charge in [-0.15, -0.1) is 11.3 Å². The van der Waals surface area contributed by atoms with E-state index in [1.807, 2.05) is 12.1 Å². The lowest BCUT2D eigenvalue weighted by Crippen LogP contribution is -2.34. The average molecular weight is 493 g/mol. The monoisotopic (exact) mass is 492 g/mol. The van der Waals surface area contributed by atoms with Crippen molar-refractivity contribution >= 4 is 57.9 Å². The fraction of sp³-hybridized carbons (Fsp3) is 0.409. The van der Waals surface area contributed by atoms with Crippen molar-refractivity contribution in [3.05, 3.63) is 39.5 Å². The van der Waals surface area contributed by atoms with Gasteiger partial charge in [-0.3, -0.25) is 14.5 Å². The van der Waals surface area contributed by atoms with E-state index in [2.05, 4.69) is 15.5 Å². The summed E-state index contributed by atoms with van der Waals surface area (Å²) in [6.45, 7) is 2.22. The zero-order valence-corrected chi connectivity index (χ0v) is 19.7. The standard InChI is InChI=1S/C22H25ClN4O5S/c1-31-13-20(28)25-16-10-14(4-5-17(16)26-8-2-3-9-26)27-12-15(32-22(27)30)11-24-21(29)18-6-7-19(23)33-18/h4-7,10,15H,2-3,8-9,11-13H2,1H3,(H,24,29)(H,25,28). The van der Waals surface area contributed by atoms with E-state index in [1.54, 1.807) is 18.2 Å². The number of hydrogen-bond donors (Lipinski definition) is 2. The normalized spacial score (nSPS) is 17.9. The van der Waals surface area contributed by atoms with Gasteiger partial charge in [0.2, 0.25) is 5.91 Å². The molecule has 11 heteroatoms. The number of nitrogens with zero attached hydrogens (tertiary/aromatic N) is 2. The Labute approximate surface area is 200 Å². The minimum atomic E-state index is -0.503. The number of anilines is 3. The van der Waals surface area contributed by atoms with Crippen molar-refractivity contribution in [2.24, 2.45) is 0 Å². The first-order valence-corrected chi connectivity index (χ1v) is 11.8. The number of benzene rings is 1. The van der Waals surface area contributed by atoms with Gasteiger partial charge in [-0.05, 0) is 43.2 Å². The highest BCUT2D eigenvalue weighted by Crippen LogP contribution is 2.34. The number of carbonyl (C=O) groups excluding carboxylic acids is 3. The molecule has 3 heterocycles. The van der Waals surface area contributed by atoms with Crippen LogP contribution in [0, 0.1) is 0 Å². The van der Waals surface area contributed by atoms with Crippen LogP contribution >= 0.6 is 22.9 Å². The van der Waals surface area contributed by atoms with E-state index < -0.39 is 12.2 Å². The summed E-state index contributed by atoms with van der Waals surface area (Å²) in [7, 11) is 1.46. The van der Waals surface area contributed by atoms with Gasteiger partial charge in [0, 0.05) is 25.9 Å². The first-order chi connectivity index (χ1) is 15.9. The summed E-state index contributed by atoms with van der Waals surface area (Å²) < 4.78 is 10.9. The number of ether oxygens (including phenoxy) is 2. The van der Waals surface area contributed by atoms with Gasteiger partial charge in [0.25, 0.3) is 5.91 Å². The molecule has 0 radical (unpaired) electrons. The second-order valence-electron chi connectivity index (χ2n) is 7.81. The summed E-state index contributed by atoms with van der Waals surface area (Å²) in [6, 6.07) is 8.84. The fourth-order valence-electron chi connectivity index (χ4n) is 3.91. The number of cyclic esters (lactones) is 1. The predicted molar refractivity (Wildman–Crippen MR) is 128 cm³/mol. The van der Waals surface area contributed by atoms with Crippen LogP contribution in [0.2, 0.25) is 4.34 Å². The lowest BCUT2D eigenvalue weighted by atomic mass is 10.2. The molecule has 2 aliphatic heterocycles. The van der Waals surface area contributed by atoms with Crippen molar-refractivity contribution < 1.29 is 23.9 Å². The van der Waals surface area contributed by atoms with E-state index in [0.717, 1.165) is 31.6 Å². The van der Waals surface area contributed by atoms with Gasteiger partial charge >= 0.3 is 6.09 Å². The number of amides is 3. The van der Waals surface area contributed by atoms with Crippen LogP contribution in [-0.2, 0) is 14.3 Å². The Morgan fingerprint density at radius 1 is 1.24 bits per heavy atom. The van der Waals surface area contributed by atoms with Crippen molar-refractivity contribution in [1.82, 2.24) is 5.32 Å². The van der Waals surface area contributed by atoms with Gasteiger partial charge in [-0.25, -0.2) is 4.79 Å². The highest BCUT2D eigenvalue weighted by atomic mass is 35.5. The number of thiophene rings is 1. The highest BCUT2D eigenvalue weighted by molar-refractivity contribution is 7.18. The van der Waals surface area contributed by atoms with Crippen molar-refractivity contribution in [3.63, 3.8) is 0 Å². The maximum absolute atomic E-state index is 12.5. The number of nitrogens with one attached hydrogen (secondary N) is 2. The largest absolute Gasteiger partial charge is 0.442 e. The number of rotatable bonds is 8. The zero-order valence-electron chi connectivity index (χ0n) is 18.1. The van der Waals surface area contributed by atoms with Gasteiger partial charge in [-0.2, -0.15) is 0 Å². The quantitative estimate of drug-likeness (QED) is 0.586. The smallest absolute Gasteiger partial charge is 0.414 e. The molecule has 2 fully saturated rings. The van der Waals surface area contributed by atoms with Crippen molar-refractivity contribution in [2.45, 2.75) is 18.9 Å². The molecular formula is C22H25ClN4O5S. The van der Waals surface area contributed by atoms with Crippen LogP contribution in [0.25, 0.3) is 0 Å². The molecule has 2 N–H and O–H groups in total. The van der Waals surface area contributed by atoms with E-state index in [4.69, 9.17) is 21.1 Å². The van der Waals surface area contributed by atoms with Gasteiger partial charge in [0.15, 0.2) is 0 Å². The van der Waals surface area contributed by atoms with Crippen molar-refractivity contribution in [3.8, 4) is 0 Å².